The average molecular weight is 380 g/mol. The Balaban J connectivity index is 1.57. The van der Waals surface area contributed by atoms with Gasteiger partial charge in [0.15, 0.2) is 6.10 Å². The van der Waals surface area contributed by atoms with Crippen molar-refractivity contribution >= 4 is 29.2 Å². The molecule has 3 rings (SSSR count). The van der Waals surface area contributed by atoms with E-state index in [0.29, 0.717) is 17.8 Å². The molecule has 1 heterocycles. The SMILES string of the molecule is CCc1ccc(CCC(=O)O[C@@H](C)C(=O)N2CC(=O)Nc3ccccc32)cc1. The third kappa shape index (κ3) is 4.57. The van der Waals surface area contributed by atoms with E-state index in [1.807, 2.05) is 24.3 Å². The van der Waals surface area contributed by atoms with Gasteiger partial charge in [-0.05, 0) is 43.0 Å². The molecule has 0 bridgehead atoms. The molecule has 0 spiro atoms. The number of benzene rings is 2. The van der Waals surface area contributed by atoms with E-state index in [1.165, 1.54) is 17.4 Å². The van der Waals surface area contributed by atoms with Gasteiger partial charge < -0.3 is 10.1 Å². The van der Waals surface area contributed by atoms with Crippen molar-refractivity contribution in [3.63, 3.8) is 0 Å². The predicted octanol–water partition coefficient (Wildman–Crippen LogP) is 3.10. The van der Waals surface area contributed by atoms with Gasteiger partial charge in [0.2, 0.25) is 5.91 Å². The van der Waals surface area contributed by atoms with Crippen LogP contribution in [0, 0.1) is 0 Å². The molecule has 28 heavy (non-hydrogen) atoms. The van der Waals surface area contributed by atoms with Crippen molar-refractivity contribution in [3.05, 3.63) is 59.7 Å². The van der Waals surface area contributed by atoms with Gasteiger partial charge >= 0.3 is 5.97 Å². The Kier molecular flexibility index (Phi) is 6.09. The maximum atomic E-state index is 12.8. The summed E-state index contributed by atoms with van der Waals surface area (Å²) >= 11 is 0. The number of ether oxygens (including phenoxy) is 1. The monoisotopic (exact) mass is 380 g/mol. The fraction of sp³-hybridized carbons (Fsp3) is 0.318. The first-order valence-corrected chi connectivity index (χ1v) is 9.45. The van der Waals surface area contributed by atoms with Gasteiger partial charge in [0.1, 0.15) is 6.54 Å². The number of carbonyl (C=O) groups is 3. The number of aryl methyl sites for hydroxylation is 2. The Labute approximate surface area is 164 Å². The number of anilines is 2. The zero-order valence-corrected chi connectivity index (χ0v) is 16.1. The number of rotatable bonds is 6. The number of fused-ring (bicyclic) bond motifs is 1. The lowest BCUT2D eigenvalue weighted by Crippen LogP contribution is -2.47. The number of nitrogens with one attached hydrogen (secondary N) is 1. The number of hydrogen-bond acceptors (Lipinski definition) is 4. The van der Waals surface area contributed by atoms with Gasteiger partial charge in [0.05, 0.1) is 11.4 Å². The Morgan fingerprint density at radius 1 is 1.11 bits per heavy atom. The summed E-state index contributed by atoms with van der Waals surface area (Å²) in [5.41, 5.74) is 3.47. The molecule has 0 saturated heterocycles. The molecule has 1 aliphatic rings. The summed E-state index contributed by atoms with van der Waals surface area (Å²) in [6.45, 7) is 3.53. The molecule has 1 N–H and O–H groups in total. The molecule has 0 radical (unpaired) electrons. The Bertz CT molecular complexity index is 876. The third-order valence-electron chi connectivity index (χ3n) is 4.74. The summed E-state index contributed by atoms with van der Waals surface area (Å²) < 4.78 is 5.32. The van der Waals surface area contributed by atoms with Gasteiger partial charge in [-0.1, -0.05) is 43.3 Å². The quantitative estimate of drug-likeness (QED) is 0.782. The van der Waals surface area contributed by atoms with E-state index in [1.54, 1.807) is 24.3 Å². The lowest BCUT2D eigenvalue weighted by molar-refractivity contribution is -0.153. The fourth-order valence-electron chi connectivity index (χ4n) is 3.14. The highest BCUT2D eigenvalue weighted by atomic mass is 16.5. The van der Waals surface area contributed by atoms with Crippen LogP contribution in [-0.2, 0) is 32.0 Å². The summed E-state index contributed by atoms with van der Waals surface area (Å²) in [5, 5.41) is 2.73. The molecular formula is C22H24N2O4. The van der Waals surface area contributed by atoms with Crippen LogP contribution in [0.5, 0.6) is 0 Å². The molecule has 1 aliphatic heterocycles. The minimum absolute atomic E-state index is 0.0957. The molecular weight excluding hydrogens is 356 g/mol. The van der Waals surface area contributed by atoms with E-state index in [0.717, 1.165) is 12.0 Å². The van der Waals surface area contributed by atoms with Crippen LogP contribution in [0.15, 0.2) is 48.5 Å². The van der Waals surface area contributed by atoms with E-state index < -0.39 is 18.0 Å². The van der Waals surface area contributed by atoms with Crippen molar-refractivity contribution in [1.29, 1.82) is 0 Å². The van der Waals surface area contributed by atoms with Crippen LogP contribution in [0.3, 0.4) is 0 Å². The number of esters is 1. The Morgan fingerprint density at radius 2 is 1.79 bits per heavy atom. The molecule has 0 saturated carbocycles. The van der Waals surface area contributed by atoms with Crippen molar-refractivity contribution in [2.24, 2.45) is 0 Å². The van der Waals surface area contributed by atoms with E-state index in [9.17, 15) is 14.4 Å². The fourth-order valence-corrected chi connectivity index (χ4v) is 3.14. The lowest BCUT2D eigenvalue weighted by Gasteiger charge is -2.30. The maximum absolute atomic E-state index is 12.8. The molecule has 0 aliphatic carbocycles. The zero-order chi connectivity index (χ0) is 20.1. The van der Waals surface area contributed by atoms with Crippen molar-refractivity contribution in [2.45, 2.75) is 39.2 Å². The molecule has 0 fully saturated rings. The van der Waals surface area contributed by atoms with Crippen LogP contribution in [-0.4, -0.2) is 30.4 Å². The zero-order valence-electron chi connectivity index (χ0n) is 16.1. The van der Waals surface area contributed by atoms with E-state index in [4.69, 9.17) is 4.74 Å². The highest BCUT2D eigenvalue weighted by molar-refractivity contribution is 6.11. The lowest BCUT2D eigenvalue weighted by atomic mass is 10.1. The van der Waals surface area contributed by atoms with E-state index in [2.05, 4.69) is 12.2 Å². The molecule has 6 nitrogen and oxygen atoms in total. The Morgan fingerprint density at radius 3 is 2.50 bits per heavy atom. The van der Waals surface area contributed by atoms with Crippen LogP contribution in [0.1, 0.15) is 31.4 Å². The first-order valence-electron chi connectivity index (χ1n) is 9.45. The van der Waals surface area contributed by atoms with Gasteiger partial charge in [-0.15, -0.1) is 0 Å². The van der Waals surface area contributed by atoms with Crippen LogP contribution in [0.25, 0.3) is 0 Å². The van der Waals surface area contributed by atoms with E-state index in [-0.39, 0.29) is 18.9 Å². The number of para-hydroxylation sites is 2. The van der Waals surface area contributed by atoms with Gasteiger partial charge in [0.25, 0.3) is 5.91 Å². The van der Waals surface area contributed by atoms with Gasteiger partial charge in [-0.3, -0.25) is 19.3 Å². The number of nitrogens with zero attached hydrogens (tertiary/aromatic N) is 1. The average Bonchev–Trinajstić information content (AvgIpc) is 2.71. The third-order valence-corrected chi connectivity index (χ3v) is 4.74. The molecule has 1 atom stereocenters. The van der Waals surface area contributed by atoms with Gasteiger partial charge in [0, 0.05) is 6.42 Å². The normalized spacial score (nSPS) is 14.1. The second-order valence-electron chi connectivity index (χ2n) is 6.79. The number of hydrogen-bond donors (Lipinski definition) is 1. The van der Waals surface area contributed by atoms with Crippen molar-refractivity contribution in [1.82, 2.24) is 0 Å². The first-order chi connectivity index (χ1) is 13.5. The van der Waals surface area contributed by atoms with Crippen molar-refractivity contribution in [2.75, 3.05) is 16.8 Å². The van der Waals surface area contributed by atoms with Crippen molar-refractivity contribution in [3.8, 4) is 0 Å². The molecule has 0 unspecified atom stereocenters. The molecule has 6 heteroatoms. The van der Waals surface area contributed by atoms with Crippen LogP contribution < -0.4 is 10.2 Å². The summed E-state index contributed by atoms with van der Waals surface area (Å²) in [6, 6.07) is 15.2. The highest BCUT2D eigenvalue weighted by Crippen LogP contribution is 2.29. The number of amides is 2. The summed E-state index contributed by atoms with van der Waals surface area (Å²) in [5.74, 6) is -1.13. The topological polar surface area (TPSA) is 75.7 Å². The smallest absolute Gasteiger partial charge is 0.306 e. The largest absolute Gasteiger partial charge is 0.453 e. The molecule has 146 valence electrons. The van der Waals surface area contributed by atoms with E-state index >= 15 is 0 Å². The second kappa shape index (κ2) is 8.69. The summed E-state index contributed by atoms with van der Waals surface area (Å²) in [7, 11) is 0. The molecule has 2 amide bonds. The summed E-state index contributed by atoms with van der Waals surface area (Å²) in [4.78, 5) is 38.2. The van der Waals surface area contributed by atoms with Crippen LogP contribution in [0.2, 0.25) is 0 Å². The predicted molar refractivity (Wildman–Crippen MR) is 107 cm³/mol. The standard InChI is InChI=1S/C22H24N2O4/c1-3-16-8-10-17(11-9-16)12-13-21(26)28-15(2)22(27)24-14-20(25)23-18-6-4-5-7-19(18)24/h4-11,15H,3,12-14H2,1-2H3,(H,23,25)/t15-/m0/s1. The maximum Gasteiger partial charge on any atom is 0.306 e. The number of carbonyl (C=O) groups excluding carboxylic acids is 3. The van der Waals surface area contributed by atoms with Gasteiger partial charge in [-0.25, -0.2) is 0 Å². The molecule has 0 aromatic heterocycles. The van der Waals surface area contributed by atoms with Crippen LogP contribution >= 0.6 is 0 Å². The first kappa shape index (κ1) is 19.6. The Hall–Kier alpha value is -3.15. The summed E-state index contributed by atoms with van der Waals surface area (Å²) in [6.07, 6.45) is 0.757. The minimum Gasteiger partial charge on any atom is -0.453 e. The highest BCUT2D eigenvalue weighted by Gasteiger charge is 2.31. The van der Waals surface area contributed by atoms with Gasteiger partial charge in [-0.2, -0.15) is 0 Å². The molecule has 2 aromatic carbocycles. The minimum atomic E-state index is -0.964. The molecule has 2 aromatic rings. The van der Waals surface area contributed by atoms with Crippen LogP contribution in [0.4, 0.5) is 11.4 Å². The second-order valence-corrected chi connectivity index (χ2v) is 6.79. The van der Waals surface area contributed by atoms with Crippen molar-refractivity contribution < 1.29 is 19.1 Å².